The van der Waals surface area contributed by atoms with Gasteiger partial charge >= 0.3 is 0 Å². The SMILES string of the molecule is C=CCc1[nH]c2ccccc2c1S(=O)(=O)CC=C. The van der Waals surface area contributed by atoms with Crippen LogP contribution in [0.25, 0.3) is 10.9 Å². The first-order chi connectivity index (χ1) is 8.60. The van der Waals surface area contributed by atoms with Crippen molar-refractivity contribution in [1.82, 2.24) is 4.98 Å². The van der Waals surface area contributed by atoms with Crippen LogP contribution in [0.3, 0.4) is 0 Å². The van der Waals surface area contributed by atoms with Gasteiger partial charge in [-0.15, -0.1) is 13.2 Å². The predicted octanol–water partition coefficient (Wildman–Crippen LogP) is 2.86. The summed E-state index contributed by atoms with van der Waals surface area (Å²) in [6, 6.07) is 7.39. The van der Waals surface area contributed by atoms with E-state index in [0.29, 0.717) is 17.0 Å². The zero-order valence-corrected chi connectivity index (χ0v) is 10.8. The van der Waals surface area contributed by atoms with Crippen LogP contribution in [0.4, 0.5) is 0 Å². The minimum Gasteiger partial charge on any atom is -0.357 e. The minimum atomic E-state index is -3.34. The highest BCUT2D eigenvalue weighted by Crippen LogP contribution is 2.28. The average molecular weight is 261 g/mol. The monoisotopic (exact) mass is 261 g/mol. The fourth-order valence-electron chi connectivity index (χ4n) is 2.05. The van der Waals surface area contributed by atoms with Gasteiger partial charge in [0.25, 0.3) is 0 Å². The maximum absolute atomic E-state index is 12.3. The molecule has 0 radical (unpaired) electrons. The Hall–Kier alpha value is -1.81. The first-order valence-electron chi connectivity index (χ1n) is 5.64. The van der Waals surface area contributed by atoms with Crippen molar-refractivity contribution in [2.24, 2.45) is 0 Å². The first kappa shape index (κ1) is 12.6. The molecular formula is C14H15NO2S. The number of hydrogen-bond acceptors (Lipinski definition) is 2. The maximum atomic E-state index is 12.3. The lowest BCUT2D eigenvalue weighted by molar-refractivity contribution is 0.599. The molecule has 0 saturated heterocycles. The zero-order valence-electron chi connectivity index (χ0n) is 10.0. The van der Waals surface area contributed by atoms with Crippen LogP contribution in [0.2, 0.25) is 0 Å². The fraction of sp³-hybridized carbons (Fsp3) is 0.143. The molecule has 94 valence electrons. The molecule has 1 aromatic carbocycles. The summed E-state index contributed by atoms with van der Waals surface area (Å²) in [5.74, 6) is -0.0566. The number of H-pyrrole nitrogens is 1. The molecule has 0 bridgehead atoms. The van der Waals surface area contributed by atoms with Gasteiger partial charge in [0.05, 0.1) is 10.6 Å². The molecule has 2 aromatic rings. The Balaban J connectivity index is 2.76. The number of benzene rings is 1. The number of rotatable bonds is 5. The third-order valence-corrected chi connectivity index (χ3v) is 4.49. The number of sulfone groups is 1. The van der Waals surface area contributed by atoms with E-state index in [2.05, 4.69) is 18.1 Å². The van der Waals surface area contributed by atoms with Crippen molar-refractivity contribution >= 4 is 20.7 Å². The van der Waals surface area contributed by atoms with Gasteiger partial charge in [0.2, 0.25) is 0 Å². The lowest BCUT2D eigenvalue weighted by Gasteiger charge is -2.03. The lowest BCUT2D eigenvalue weighted by atomic mass is 10.2. The van der Waals surface area contributed by atoms with Gasteiger partial charge in [0.1, 0.15) is 0 Å². The van der Waals surface area contributed by atoms with E-state index in [4.69, 9.17) is 0 Å². The van der Waals surface area contributed by atoms with E-state index in [-0.39, 0.29) is 5.75 Å². The molecule has 0 saturated carbocycles. The van der Waals surface area contributed by atoms with Crippen molar-refractivity contribution in [3.63, 3.8) is 0 Å². The summed E-state index contributed by atoms with van der Waals surface area (Å²) >= 11 is 0. The average Bonchev–Trinajstić information content (AvgIpc) is 2.67. The summed E-state index contributed by atoms with van der Waals surface area (Å²) in [5, 5.41) is 0.733. The Kier molecular flexibility index (Phi) is 3.39. The summed E-state index contributed by atoms with van der Waals surface area (Å²) in [5.41, 5.74) is 1.52. The molecule has 1 heterocycles. The van der Waals surface area contributed by atoms with E-state index in [1.165, 1.54) is 6.08 Å². The van der Waals surface area contributed by atoms with Gasteiger partial charge in [-0.1, -0.05) is 30.4 Å². The van der Waals surface area contributed by atoms with Crippen molar-refractivity contribution in [3.05, 3.63) is 55.3 Å². The highest BCUT2D eigenvalue weighted by Gasteiger charge is 2.22. The first-order valence-corrected chi connectivity index (χ1v) is 7.29. The normalized spacial score (nSPS) is 11.6. The summed E-state index contributed by atoms with van der Waals surface area (Å²) in [7, 11) is -3.34. The van der Waals surface area contributed by atoms with Crippen LogP contribution in [0, 0.1) is 0 Å². The zero-order chi connectivity index (χ0) is 13.2. The molecule has 1 aromatic heterocycles. The Morgan fingerprint density at radius 1 is 1.17 bits per heavy atom. The van der Waals surface area contributed by atoms with E-state index >= 15 is 0 Å². The minimum absolute atomic E-state index is 0.0566. The predicted molar refractivity (Wildman–Crippen MR) is 74.4 cm³/mol. The van der Waals surface area contributed by atoms with E-state index in [1.807, 2.05) is 24.3 Å². The van der Waals surface area contributed by atoms with Gasteiger partial charge in [-0.25, -0.2) is 8.42 Å². The molecule has 0 unspecified atom stereocenters. The highest BCUT2D eigenvalue weighted by atomic mass is 32.2. The highest BCUT2D eigenvalue weighted by molar-refractivity contribution is 7.91. The number of aromatic amines is 1. The second kappa shape index (κ2) is 4.82. The Labute approximate surface area is 107 Å². The smallest absolute Gasteiger partial charge is 0.184 e. The van der Waals surface area contributed by atoms with Crippen LogP contribution < -0.4 is 0 Å². The van der Waals surface area contributed by atoms with E-state index in [1.54, 1.807) is 6.08 Å². The molecule has 18 heavy (non-hydrogen) atoms. The van der Waals surface area contributed by atoms with Crippen LogP contribution >= 0.6 is 0 Å². The standard InChI is InChI=1S/C14H15NO2S/c1-3-7-13-14(18(16,17)10-4-2)11-8-5-6-9-12(11)15-13/h3-6,8-9,15H,1-2,7,10H2. The quantitative estimate of drug-likeness (QED) is 0.841. The van der Waals surface area contributed by atoms with Crippen LogP contribution in [0.5, 0.6) is 0 Å². The van der Waals surface area contributed by atoms with Gasteiger partial charge in [-0.05, 0) is 6.07 Å². The second-order valence-electron chi connectivity index (χ2n) is 4.04. The van der Waals surface area contributed by atoms with Gasteiger partial charge in [-0.3, -0.25) is 0 Å². The molecule has 0 aliphatic rings. The Bertz CT molecular complexity index is 696. The molecule has 0 aliphatic heterocycles. The molecule has 4 heteroatoms. The molecule has 3 nitrogen and oxygen atoms in total. The number of fused-ring (bicyclic) bond motifs is 1. The summed E-state index contributed by atoms with van der Waals surface area (Å²) in [6.45, 7) is 7.16. The molecule has 1 N–H and O–H groups in total. The third kappa shape index (κ3) is 2.11. The number of para-hydroxylation sites is 1. The van der Waals surface area contributed by atoms with Crippen LogP contribution in [0.1, 0.15) is 5.69 Å². The van der Waals surface area contributed by atoms with Crippen molar-refractivity contribution in [3.8, 4) is 0 Å². The number of nitrogens with one attached hydrogen (secondary N) is 1. The summed E-state index contributed by atoms with van der Waals surface area (Å²) in [6.07, 6.45) is 3.60. The molecule has 0 aliphatic carbocycles. The largest absolute Gasteiger partial charge is 0.357 e. The van der Waals surface area contributed by atoms with Crippen LogP contribution in [-0.2, 0) is 16.3 Å². The molecule has 0 amide bonds. The van der Waals surface area contributed by atoms with Gasteiger partial charge in [0, 0.05) is 23.0 Å². The summed E-state index contributed by atoms with van der Waals surface area (Å²) < 4.78 is 24.6. The van der Waals surface area contributed by atoms with Gasteiger partial charge in [0.15, 0.2) is 9.84 Å². The van der Waals surface area contributed by atoms with Gasteiger partial charge in [-0.2, -0.15) is 0 Å². The number of allylic oxidation sites excluding steroid dienone is 1. The second-order valence-corrected chi connectivity index (χ2v) is 6.01. The van der Waals surface area contributed by atoms with Crippen LogP contribution in [-0.4, -0.2) is 19.2 Å². The molecule has 0 spiro atoms. The van der Waals surface area contributed by atoms with E-state index in [9.17, 15) is 8.42 Å². The van der Waals surface area contributed by atoms with E-state index < -0.39 is 9.84 Å². The number of hydrogen-bond donors (Lipinski definition) is 1. The lowest BCUT2D eigenvalue weighted by Crippen LogP contribution is -2.06. The van der Waals surface area contributed by atoms with Crippen LogP contribution in [0.15, 0.2) is 54.5 Å². The molecule has 0 atom stereocenters. The third-order valence-electron chi connectivity index (χ3n) is 2.73. The molecule has 2 rings (SSSR count). The van der Waals surface area contributed by atoms with Crippen molar-refractivity contribution < 1.29 is 8.42 Å². The summed E-state index contributed by atoms with van der Waals surface area (Å²) in [4.78, 5) is 3.52. The fourth-order valence-corrected chi connectivity index (χ4v) is 3.55. The Morgan fingerprint density at radius 3 is 2.56 bits per heavy atom. The van der Waals surface area contributed by atoms with Crippen molar-refractivity contribution in [2.45, 2.75) is 11.3 Å². The van der Waals surface area contributed by atoms with E-state index in [0.717, 1.165) is 10.9 Å². The topological polar surface area (TPSA) is 49.9 Å². The number of aromatic nitrogens is 1. The van der Waals surface area contributed by atoms with Crippen molar-refractivity contribution in [2.75, 3.05) is 5.75 Å². The Morgan fingerprint density at radius 2 is 1.89 bits per heavy atom. The maximum Gasteiger partial charge on any atom is 0.184 e. The van der Waals surface area contributed by atoms with Crippen molar-refractivity contribution in [1.29, 1.82) is 0 Å². The van der Waals surface area contributed by atoms with Gasteiger partial charge < -0.3 is 4.98 Å². The molecular weight excluding hydrogens is 246 g/mol. The molecule has 0 fully saturated rings.